The van der Waals surface area contributed by atoms with Crippen LogP contribution in [0.5, 0.6) is 0 Å². The van der Waals surface area contributed by atoms with Crippen molar-refractivity contribution in [3.8, 4) is 0 Å². The molecule has 0 aromatic rings. The molecule has 1 heterocycles. The lowest BCUT2D eigenvalue weighted by Gasteiger charge is -2.14. The van der Waals surface area contributed by atoms with Gasteiger partial charge >= 0.3 is 0 Å². The van der Waals surface area contributed by atoms with E-state index in [9.17, 15) is 0 Å². The molecule has 0 saturated carbocycles. The first-order valence-electron chi connectivity index (χ1n) is 2.95. The molecule has 1 aliphatic heterocycles. The van der Waals surface area contributed by atoms with Crippen LogP contribution < -0.4 is 5.73 Å². The summed E-state index contributed by atoms with van der Waals surface area (Å²) in [4.78, 5) is 6.16. The number of alkyl halides is 1. The number of aliphatic imine (C=N–C) groups is 1. The summed E-state index contributed by atoms with van der Waals surface area (Å²) in [6.45, 7) is 2.92. The van der Waals surface area contributed by atoms with Gasteiger partial charge < -0.3 is 10.6 Å². The predicted molar refractivity (Wildman–Crippen MR) is 46.9 cm³/mol. The highest BCUT2D eigenvalue weighted by Crippen LogP contribution is 1.97. The first-order chi connectivity index (χ1) is 4.34. The van der Waals surface area contributed by atoms with E-state index < -0.39 is 0 Å². The fraction of sp³-hybridized carbons (Fsp3) is 0.800. The number of guanidine groups is 1. The highest BCUT2D eigenvalue weighted by Gasteiger charge is 2.10. The van der Waals surface area contributed by atoms with Gasteiger partial charge in [0, 0.05) is 17.5 Å². The van der Waals surface area contributed by atoms with Crippen molar-refractivity contribution in [3.63, 3.8) is 0 Å². The third kappa shape index (κ3) is 1.70. The molecule has 0 atom stereocenters. The first kappa shape index (κ1) is 7.11. The van der Waals surface area contributed by atoms with E-state index >= 15 is 0 Å². The van der Waals surface area contributed by atoms with Crippen molar-refractivity contribution in [1.82, 2.24) is 4.90 Å². The highest BCUT2D eigenvalue weighted by atomic mass is 127. The van der Waals surface area contributed by atoms with Crippen LogP contribution in [0.1, 0.15) is 0 Å². The van der Waals surface area contributed by atoms with E-state index in [4.69, 9.17) is 5.73 Å². The monoisotopic (exact) mass is 239 g/mol. The van der Waals surface area contributed by atoms with Gasteiger partial charge in [0.1, 0.15) is 0 Å². The zero-order valence-electron chi connectivity index (χ0n) is 5.18. The molecule has 0 aromatic heterocycles. The standard InChI is InChI=1S/C5H10IN3/c6-1-3-9-4-2-8-5(9)7/h1-4H2,(H2,7,8). The van der Waals surface area contributed by atoms with Crippen LogP contribution in [-0.2, 0) is 0 Å². The lowest BCUT2D eigenvalue weighted by molar-refractivity contribution is 0.485. The van der Waals surface area contributed by atoms with Gasteiger partial charge in [-0.15, -0.1) is 0 Å². The zero-order chi connectivity index (χ0) is 6.69. The molecule has 0 fully saturated rings. The molecule has 0 amide bonds. The highest BCUT2D eigenvalue weighted by molar-refractivity contribution is 14.1. The van der Waals surface area contributed by atoms with E-state index in [0.29, 0.717) is 5.96 Å². The molecule has 0 saturated heterocycles. The van der Waals surface area contributed by atoms with Crippen LogP contribution >= 0.6 is 22.6 Å². The Morgan fingerprint density at radius 1 is 1.78 bits per heavy atom. The second-order valence-corrected chi connectivity index (χ2v) is 2.99. The smallest absolute Gasteiger partial charge is 0.191 e. The largest absolute Gasteiger partial charge is 0.370 e. The number of nitrogens with zero attached hydrogens (tertiary/aromatic N) is 2. The molecule has 3 nitrogen and oxygen atoms in total. The van der Waals surface area contributed by atoms with Crippen molar-refractivity contribution in [2.75, 3.05) is 24.1 Å². The minimum Gasteiger partial charge on any atom is -0.370 e. The van der Waals surface area contributed by atoms with Gasteiger partial charge in [-0.2, -0.15) is 0 Å². The van der Waals surface area contributed by atoms with E-state index in [1.165, 1.54) is 0 Å². The van der Waals surface area contributed by atoms with Crippen LogP contribution in [0.15, 0.2) is 4.99 Å². The molecule has 52 valence electrons. The second kappa shape index (κ2) is 3.24. The van der Waals surface area contributed by atoms with Crippen molar-refractivity contribution in [3.05, 3.63) is 0 Å². The average molecular weight is 239 g/mol. The lowest BCUT2D eigenvalue weighted by Crippen LogP contribution is -2.34. The summed E-state index contributed by atoms with van der Waals surface area (Å²) >= 11 is 2.33. The van der Waals surface area contributed by atoms with Crippen LogP contribution in [0.25, 0.3) is 0 Å². The van der Waals surface area contributed by atoms with Gasteiger partial charge in [-0.05, 0) is 0 Å². The molecule has 2 N–H and O–H groups in total. The van der Waals surface area contributed by atoms with Gasteiger partial charge in [0.25, 0.3) is 0 Å². The minimum atomic E-state index is 0.715. The second-order valence-electron chi connectivity index (χ2n) is 1.92. The number of hydrogen-bond donors (Lipinski definition) is 1. The molecule has 9 heavy (non-hydrogen) atoms. The maximum Gasteiger partial charge on any atom is 0.191 e. The van der Waals surface area contributed by atoms with Crippen LogP contribution in [-0.4, -0.2) is 34.9 Å². The number of nitrogens with two attached hydrogens (primary N) is 1. The van der Waals surface area contributed by atoms with E-state index in [-0.39, 0.29) is 0 Å². The number of rotatable bonds is 2. The van der Waals surface area contributed by atoms with Crippen LogP contribution in [0, 0.1) is 0 Å². The summed E-state index contributed by atoms with van der Waals surface area (Å²) in [7, 11) is 0. The van der Waals surface area contributed by atoms with E-state index in [2.05, 4.69) is 32.5 Å². The molecule has 1 aliphatic rings. The Hall–Kier alpha value is 0. The molecule has 0 spiro atoms. The molecule has 0 bridgehead atoms. The average Bonchev–Trinajstić information content (AvgIpc) is 2.18. The Kier molecular flexibility index (Phi) is 2.56. The fourth-order valence-electron chi connectivity index (χ4n) is 0.828. The summed E-state index contributed by atoms with van der Waals surface area (Å²) in [6.07, 6.45) is 0. The minimum absolute atomic E-state index is 0.715. The quantitative estimate of drug-likeness (QED) is 0.546. The third-order valence-corrected chi connectivity index (χ3v) is 1.80. The van der Waals surface area contributed by atoms with Crippen molar-refractivity contribution in [2.45, 2.75) is 0 Å². The van der Waals surface area contributed by atoms with Gasteiger partial charge in [0.2, 0.25) is 0 Å². The maximum absolute atomic E-state index is 5.54. The first-order valence-corrected chi connectivity index (χ1v) is 4.48. The molecule has 1 rings (SSSR count). The topological polar surface area (TPSA) is 41.6 Å². The number of halogens is 1. The lowest BCUT2D eigenvalue weighted by atomic mass is 10.5. The molecule has 0 aliphatic carbocycles. The summed E-state index contributed by atoms with van der Waals surface area (Å²) in [5.41, 5.74) is 5.54. The zero-order valence-corrected chi connectivity index (χ0v) is 7.34. The van der Waals surface area contributed by atoms with E-state index in [1.54, 1.807) is 0 Å². The predicted octanol–water partition coefficient (Wildman–Crippen LogP) is 0.0517. The fourth-order valence-corrected chi connectivity index (χ4v) is 1.41. The van der Waals surface area contributed by atoms with E-state index in [0.717, 1.165) is 24.1 Å². The Balaban J connectivity index is 2.34. The van der Waals surface area contributed by atoms with Crippen LogP contribution in [0.3, 0.4) is 0 Å². The van der Waals surface area contributed by atoms with Crippen LogP contribution in [0.4, 0.5) is 0 Å². The van der Waals surface area contributed by atoms with E-state index in [1.807, 2.05) is 0 Å². The van der Waals surface area contributed by atoms with Gasteiger partial charge in [-0.25, -0.2) is 0 Å². The molecular formula is C5H10IN3. The van der Waals surface area contributed by atoms with Crippen molar-refractivity contribution >= 4 is 28.6 Å². The SMILES string of the molecule is NC1=NCCN1CCI. The normalized spacial score (nSPS) is 18.3. The molecule has 0 radical (unpaired) electrons. The van der Waals surface area contributed by atoms with Gasteiger partial charge in [-0.3, -0.25) is 4.99 Å². The molecule has 0 unspecified atom stereocenters. The molecular weight excluding hydrogens is 229 g/mol. The summed E-state index contributed by atoms with van der Waals surface area (Å²) in [5.74, 6) is 0.715. The molecule has 0 aromatic carbocycles. The van der Waals surface area contributed by atoms with Crippen molar-refractivity contribution in [1.29, 1.82) is 0 Å². The summed E-state index contributed by atoms with van der Waals surface area (Å²) < 4.78 is 1.12. The Morgan fingerprint density at radius 3 is 3.00 bits per heavy atom. The van der Waals surface area contributed by atoms with Crippen molar-refractivity contribution in [2.24, 2.45) is 10.7 Å². The van der Waals surface area contributed by atoms with Crippen LogP contribution in [0.2, 0.25) is 0 Å². The number of hydrogen-bond acceptors (Lipinski definition) is 3. The Labute approximate surface area is 68.5 Å². The van der Waals surface area contributed by atoms with Gasteiger partial charge in [-0.1, -0.05) is 22.6 Å². The summed E-state index contributed by atoms with van der Waals surface area (Å²) in [5, 5.41) is 0. The third-order valence-electron chi connectivity index (χ3n) is 1.32. The Morgan fingerprint density at radius 2 is 2.56 bits per heavy atom. The summed E-state index contributed by atoms with van der Waals surface area (Å²) in [6, 6.07) is 0. The molecule has 4 heteroatoms. The van der Waals surface area contributed by atoms with Crippen molar-refractivity contribution < 1.29 is 0 Å². The van der Waals surface area contributed by atoms with Gasteiger partial charge in [0.15, 0.2) is 5.96 Å². The maximum atomic E-state index is 5.54. The Bertz CT molecular complexity index is 123. The van der Waals surface area contributed by atoms with Gasteiger partial charge in [0.05, 0.1) is 6.54 Å².